The summed E-state index contributed by atoms with van der Waals surface area (Å²) in [5.74, 6) is -1.40. The van der Waals surface area contributed by atoms with Gasteiger partial charge in [0.1, 0.15) is 5.82 Å². The van der Waals surface area contributed by atoms with Crippen LogP contribution in [-0.4, -0.2) is 30.9 Å². The summed E-state index contributed by atoms with van der Waals surface area (Å²) in [7, 11) is 0. The van der Waals surface area contributed by atoms with Crippen LogP contribution in [-0.2, 0) is 9.59 Å². The van der Waals surface area contributed by atoms with E-state index >= 15 is 0 Å². The summed E-state index contributed by atoms with van der Waals surface area (Å²) in [6.07, 6.45) is 8.76. The zero-order valence-electron chi connectivity index (χ0n) is 22.8. The van der Waals surface area contributed by atoms with Gasteiger partial charge in [0.05, 0.1) is 11.1 Å². The second-order valence-corrected chi connectivity index (χ2v) is 12.2. The molecule has 0 aromatic heterocycles. The van der Waals surface area contributed by atoms with Crippen LogP contribution in [0.2, 0.25) is 10.0 Å². The molecule has 208 valence electrons. The molecule has 4 atom stereocenters. The van der Waals surface area contributed by atoms with Crippen LogP contribution in [0, 0.1) is 11.2 Å². The van der Waals surface area contributed by atoms with Crippen molar-refractivity contribution in [2.45, 2.75) is 90.1 Å². The third-order valence-electron chi connectivity index (χ3n) is 7.19. The Morgan fingerprint density at radius 2 is 1.74 bits per heavy atom. The highest BCUT2D eigenvalue weighted by atomic mass is 35.5. The molecule has 2 aromatic carbocycles. The monoisotopic (exact) mass is 563 g/mol. The van der Waals surface area contributed by atoms with Crippen molar-refractivity contribution < 1.29 is 14.0 Å². The van der Waals surface area contributed by atoms with Crippen LogP contribution < -0.4 is 16.0 Å². The molecule has 2 amide bonds. The lowest BCUT2D eigenvalue weighted by molar-refractivity contribution is -0.123. The van der Waals surface area contributed by atoms with Crippen LogP contribution in [0.5, 0.6) is 0 Å². The van der Waals surface area contributed by atoms with Crippen LogP contribution in [0.25, 0.3) is 0 Å². The maximum Gasteiger partial charge on any atom is 0.237 e. The van der Waals surface area contributed by atoms with E-state index in [2.05, 4.69) is 36.7 Å². The normalized spacial score (nSPS) is 22.9. The molecule has 0 radical (unpaired) electrons. The van der Waals surface area contributed by atoms with E-state index in [0.717, 1.165) is 12.0 Å². The summed E-state index contributed by atoms with van der Waals surface area (Å²) < 4.78 is 14.7. The molecule has 1 aliphatic heterocycles. The molecule has 0 unspecified atom stereocenters. The maximum atomic E-state index is 14.7. The topological polar surface area (TPSA) is 70.2 Å². The van der Waals surface area contributed by atoms with E-state index in [0.29, 0.717) is 29.2 Å². The number of hydrogen-bond acceptors (Lipinski definition) is 3. The number of benzene rings is 2. The van der Waals surface area contributed by atoms with E-state index in [1.54, 1.807) is 6.07 Å². The number of likely N-dealkylation sites (N-methyl/N-ethyl adjacent to an activating group) is 1. The van der Waals surface area contributed by atoms with Crippen LogP contribution in [0.4, 0.5) is 10.1 Å². The van der Waals surface area contributed by atoms with Gasteiger partial charge in [-0.1, -0.05) is 88.2 Å². The van der Waals surface area contributed by atoms with Crippen molar-refractivity contribution >= 4 is 41.2 Å². The van der Waals surface area contributed by atoms with Gasteiger partial charge in [0.15, 0.2) is 0 Å². The van der Waals surface area contributed by atoms with E-state index in [9.17, 15) is 14.0 Å². The number of halogens is 3. The minimum Gasteiger partial charge on any atom is -0.355 e. The molecule has 0 spiro atoms. The van der Waals surface area contributed by atoms with Crippen LogP contribution >= 0.6 is 23.2 Å². The quantitative estimate of drug-likeness (QED) is 0.306. The molecule has 38 heavy (non-hydrogen) atoms. The van der Waals surface area contributed by atoms with E-state index in [1.807, 2.05) is 25.1 Å². The fraction of sp³-hybridized carbons (Fsp3) is 0.533. The minimum atomic E-state index is -0.580. The molecular weight excluding hydrogens is 524 g/mol. The van der Waals surface area contributed by atoms with Gasteiger partial charge in [-0.05, 0) is 54.2 Å². The average molecular weight is 565 g/mol. The number of amides is 2. The molecule has 2 fully saturated rings. The predicted molar refractivity (Wildman–Crippen MR) is 155 cm³/mol. The zero-order valence-corrected chi connectivity index (χ0v) is 24.3. The summed E-state index contributed by atoms with van der Waals surface area (Å²) in [4.78, 5) is 24.5. The van der Waals surface area contributed by atoms with E-state index in [-0.39, 0.29) is 34.2 Å². The Morgan fingerprint density at radius 1 is 1.08 bits per heavy atom. The Labute approximate surface area is 236 Å². The number of carbonyl (C=O) groups excluding carboxylic acids is 2. The van der Waals surface area contributed by atoms with Gasteiger partial charge >= 0.3 is 0 Å². The summed E-state index contributed by atoms with van der Waals surface area (Å²) in [6.45, 7) is 8.71. The fourth-order valence-corrected chi connectivity index (χ4v) is 6.06. The van der Waals surface area contributed by atoms with Gasteiger partial charge in [-0.15, -0.1) is 0 Å². The molecular formula is C30H40Cl2FN3O2. The van der Waals surface area contributed by atoms with E-state index in [1.165, 1.54) is 44.2 Å². The Morgan fingerprint density at radius 3 is 2.29 bits per heavy atom. The molecule has 4 rings (SSSR count). The lowest BCUT2D eigenvalue weighted by atomic mass is 9.73. The highest BCUT2D eigenvalue weighted by Gasteiger charge is 2.49. The van der Waals surface area contributed by atoms with Crippen molar-refractivity contribution in [3.05, 3.63) is 63.4 Å². The summed E-state index contributed by atoms with van der Waals surface area (Å²) in [5, 5.41) is 9.58. The minimum absolute atomic E-state index is 0.0753. The molecule has 1 saturated carbocycles. The van der Waals surface area contributed by atoms with Crippen molar-refractivity contribution in [2.24, 2.45) is 5.41 Å². The zero-order chi connectivity index (χ0) is 27.9. The molecule has 2 aromatic rings. The van der Waals surface area contributed by atoms with Crippen molar-refractivity contribution in [1.29, 1.82) is 0 Å². The molecule has 0 bridgehead atoms. The molecule has 1 saturated heterocycles. The Bertz CT molecular complexity index is 1090. The molecule has 1 heterocycles. The van der Waals surface area contributed by atoms with Gasteiger partial charge in [0.2, 0.25) is 12.3 Å². The average Bonchev–Trinajstić information content (AvgIpc) is 3.53. The summed E-state index contributed by atoms with van der Waals surface area (Å²) in [5.41, 5.74) is 1.79. The lowest BCUT2D eigenvalue weighted by Crippen LogP contribution is -2.45. The first-order valence-electron chi connectivity index (χ1n) is 13.5. The molecule has 1 aliphatic carbocycles. The van der Waals surface area contributed by atoms with Crippen LogP contribution in [0.1, 0.15) is 89.2 Å². The number of carbonyl (C=O) groups is 2. The summed E-state index contributed by atoms with van der Waals surface area (Å²) >= 11 is 12.4. The van der Waals surface area contributed by atoms with Gasteiger partial charge in [0.25, 0.3) is 0 Å². The predicted octanol–water partition coefficient (Wildman–Crippen LogP) is 7.43. The van der Waals surface area contributed by atoms with Gasteiger partial charge in [-0.3, -0.25) is 9.59 Å². The SMILES string of the molecule is C1CCCC1.CCNC(=O)[C@@H]1N[C@H](CC(C)(C)C)[C@@H](c2cc(F)c(Cl)cc2NC=O)[C@H]1c1cccc(Cl)c1. The van der Waals surface area contributed by atoms with Gasteiger partial charge in [0, 0.05) is 35.1 Å². The highest BCUT2D eigenvalue weighted by Crippen LogP contribution is 2.49. The van der Waals surface area contributed by atoms with Crippen molar-refractivity contribution in [3.8, 4) is 0 Å². The van der Waals surface area contributed by atoms with Gasteiger partial charge < -0.3 is 16.0 Å². The number of anilines is 1. The first-order chi connectivity index (χ1) is 18.1. The van der Waals surface area contributed by atoms with Crippen LogP contribution in [0.15, 0.2) is 36.4 Å². The molecule has 2 aliphatic rings. The maximum absolute atomic E-state index is 14.7. The standard InChI is InChI=1S/C25H30Cl2FN3O2.C5H10/c1-5-29-24(33)23-21(14-7-6-8-15(26)9-14)22(20(31-23)12-25(2,3)4)16-10-18(28)17(27)11-19(16)30-13-32;1-2-4-5-3-1/h6-11,13,20-23,31H,5,12H2,1-4H3,(H,29,33)(H,30,32);1-5H2/t20-,21-,22-,23-;/m1./s1. The van der Waals surface area contributed by atoms with Crippen LogP contribution in [0.3, 0.4) is 0 Å². The van der Waals surface area contributed by atoms with Crippen molar-refractivity contribution in [1.82, 2.24) is 10.6 Å². The first kappa shape index (κ1) is 30.4. The summed E-state index contributed by atoms with van der Waals surface area (Å²) in [6, 6.07) is 9.43. The largest absolute Gasteiger partial charge is 0.355 e. The first-order valence-corrected chi connectivity index (χ1v) is 14.3. The molecule has 3 N–H and O–H groups in total. The number of hydrogen-bond donors (Lipinski definition) is 3. The Hall–Kier alpha value is -2.15. The third kappa shape index (κ3) is 7.93. The fourth-order valence-electron chi connectivity index (χ4n) is 5.70. The van der Waals surface area contributed by atoms with Gasteiger partial charge in [-0.2, -0.15) is 0 Å². The smallest absolute Gasteiger partial charge is 0.237 e. The number of rotatable bonds is 7. The van der Waals surface area contributed by atoms with E-state index in [4.69, 9.17) is 23.2 Å². The molecule has 8 heteroatoms. The van der Waals surface area contributed by atoms with Crippen molar-refractivity contribution in [3.63, 3.8) is 0 Å². The lowest BCUT2D eigenvalue weighted by Gasteiger charge is -2.31. The molecule has 5 nitrogen and oxygen atoms in total. The third-order valence-corrected chi connectivity index (χ3v) is 7.71. The van der Waals surface area contributed by atoms with Crippen molar-refractivity contribution in [2.75, 3.05) is 11.9 Å². The second-order valence-electron chi connectivity index (χ2n) is 11.4. The second kappa shape index (κ2) is 13.8. The highest BCUT2D eigenvalue weighted by molar-refractivity contribution is 6.31. The Kier molecular flexibility index (Phi) is 11.0. The van der Waals surface area contributed by atoms with Gasteiger partial charge in [-0.25, -0.2) is 4.39 Å². The number of nitrogens with one attached hydrogen (secondary N) is 3. The Balaban J connectivity index is 0.000000715. The van der Waals surface area contributed by atoms with E-state index < -0.39 is 11.9 Å².